The zero-order valence-corrected chi connectivity index (χ0v) is 18.1. The molecule has 2 aromatic carbocycles. The number of methoxy groups -OCH3 is 1. The summed E-state index contributed by atoms with van der Waals surface area (Å²) in [6, 6.07) is 12.4. The number of halogens is 1. The number of nitrogens with one attached hydrogen (secondary N) is 1. The van der Waals surface area contributed by atoms with E-state index in [2.05, 4.69) is 27.9 Å². The van der Waals surface area contributed by atoms with Gasteiger partial charge in [0.25, 0.3) is 5.91 Å². The Balaban J connectivity index is 2.29. The van der Waals surface area contributed by atoms with Crippen molar-refractivity contribution in [1.82, 2.24) is 0 Å². The summed E-state index contributed by atoms with van der Waals surface area (Å²) >= 11 is 2.15. The molecule has 0 spiro atoms. The monoisotopic (exact) mass is 492 g/mol. The topological polar surface area (TPSA) is 80.6 Å². The van der Waals surface area contributed by atoms with Crippen LogP contribution in [0.4, 0.5) is 5.69 Å². The van der Waals surface area contributed by atoms with E-state index < -0.39 is 5.91 Å². The fourth-order valence-electron chi connectivity index (χ4n) is 2.41. The summed E-state index contributed by atoms with van der Waals surface area (Å²) in [7, 11) is 1.57. The fraction of sp³-hybridized carbons (Fsp3) is 0.238. The minimum absolute atomic E-state index is 0.0155. The second kappa shape index (κ2) is 10.6. The molecule has 1 amide bonds. The van der Waals surface area contributed by atoms with Gasteiger partial charge in [0, 0.05) is 5.69 Å². The molecule has 0 saturated carbocycles. The largest absolute Gasteiger partial charge is 0.497 e. The highest BCUT2D eigenvalue weighted by atomic mass is 127. The first kappa shape index (κ1) is 21.6. The molecule has 7 heteroatoms. The number of carbonyl (C=O) groups excluding carboxylic acids is 1. The van der Waals surface area contributed by atoms with Crippen molar-refractivity contribution < 1.29 is 19.0 Å². The molecule has 0 aliphatic carbocycles. The van der Waals surface area contributed by atoms with Crippen LogP contribution in [0, 0.1) is 14.9 Å². The quantitative estimate of drug-likeness (QED) is 0.330. The van der Waals surface area contributed by atoms with Gasteiger partial charge < -0.3 is 19.5 Å². The van der Waals surface area contributed by atoms with Crippen LogP contribution in [0.1, 0.15) is 19.4 Å². The highest BCUT2D eigenvalue weighted by molar-refractivity contribution is 14.1. The maximum Gasteiger partial charge on any atom is 0.266 e. The number of amides is 1. The van der Waals surface area contributed by atoms with Crippen LogP contribution in [0.25, 0.3) is 6.08 Å². The normalized spacial score (nSPS) is 10.8. The number of ether oxygens (including phenoxy) is 3. The van der Waals surface area contributed by atoms with E-state index in [-0.39, 0.29) is 5.57 Å². The molecule has 0 atom stereocenters. The Morgan fingerprint density at radius 2 is 1.86 bits per heavy atom. The fourth-order valence-corrected chi connectivity index (χ4v) is 3.19. The molecule has 6 nitrogen and oxygen atoms in total. The van der Waals surface area contributed by atoms with Crippen LogP contribution < -0.4 is 19.5 Å². The molecule has 28 heavy (non-hydrogen) atoms. The summed E-state index contributed by atoms with van der Waals surface area (Å²) in [6.45, 7) is 4.77. The third-order valence-corrected chi connectivity index (χ3v) is 4.45. The molecule has 146 valence electrons. The van der Waals surface area contributed by atoms with Crippen LogP contribution in [0.15, 0.2) is 42.0 Å². The molecule has 1 N–H and O–H groups in total. The minimum atomic E-state index is -0.491. The zero-order chi connectivity index (χ0) is 20.5. The Morgan fingerprint density at radius 3 is 2.43 bits per heavy atom. The zero-order valence-electron chi connectivity index (χ0n) is 15.9. The van der Waals surface area contributed by atoms with E-state index >= 15 is 0 Å². The molecule has 0 fully saturated rings. The molecule has 0 aliphatic heterocycles. The highest BCUT2D eigenvalue weighted by Gasteiger charge is 2.14. The van der Waals surface area contributed by atoms with E-state index in [1.807, 2.05) is 26.0 Å². The lowest BCUT2D eigenvalue weighted by Crippen LogP contribution is -2.13. The molecule has 0 aliphatic rings. The molecule has 0 aromatic heterocycles. The van der Waals surface area contributed by atoms with E-state index in [1.165, 1.54) is 6.08 Å². The van der Waals surface area contributed by atoms with Crippen LogP contribution in [0.2, 0.25) is 0 Å². The Labute approximate surface area is 178 Å². The smallest absolute Gasteiger partial charge is 0.266 e. The average molecular weight is 492 g/mol. The lowest BCUT2D eigenvalue weighted by molar-refractivity contribution is -0.112. The standard InChI is InChI=1S/C21H21IN2O4/c1-4-27-19-12-14(11-18(22)20(19)28-5-2)10-15(13-23)21(25)24-16-6-8-17(26-3)9-7-16/h6-12H,4-5H2,1-3H3,(H,24,25)/b15-10-. The lowest BCUT2D eigenvalue weighted by Gasteiger charge is -2.13. The number of benzene rings is 2. The second-order valence-corrected chi connectivity index (χ2v) is 6.71. The molecule has 2 aromatic rings. The van der Waals surface area contributed by atoms with Gasteiger partial charge in [-0.1, -0.05) is 0 Å². The lowest BCUT2D eigenvalue weighted by atomic mass is 10.1. The number of rotatable bonds is 8. The maximum absolute atomic E-state index is 12.5. The summed E-state index contributed by atoms with van der Waals surface area (Å²) in [5.74, 6) is 1.43. The summed E-state index contributed by atoms with van der Waals surface area (Å²) in [6.07, 6.45) is 1.53. The molecule has 0 radical (unpaired) electrons. The SMILES string of the molecule is CCOc1cc(/C=C(/C#N)C(=O)Nc2ccc(OC)cc2)cc(I)c1OCC. The van der Waals surface area contributed by atoms with E-state index in [0.717, 1.165) is 3.57 Å². The number of hydrogen-bond donors (Lipinski definition) is 1. The van der Waals surface area contributed by atoms with Crippen molar-refractivity contribution in [2.75, 3.05) is 25.6 Å². The Morgan fingerprint density at radius 1 is 1.18 bits per heavy atom. The van der Waals surface area contributed by atoms with Crippen LogP contribution in [0.5, 0.6) is 17.2 Å². The third kappa shape index (κ3) is 5.63. The van der Waals surface area contributed by atoms with Crippen LogP contribution >= 0.6 is 22.6 Å². The molecule has 2 rings (SSSR count). The minimum Gasteiger partial charge on any atom is -0.497 e. The van der Waals surface area contributed by atoms with Gasteiger partial charge in [0.2, 0.25) is 0 Å². The number of hydrogen-bond acceptors (Lipinski definition) is 5. The summed E-state index contributed by atoms with van der Waals surface area (Å²) in [5.41, 5.74) is 1.24. The predicted molar refractivity (Wildman–Crippen MR) is 117 cm³/mol. The Hall–Kier alpha value is -2.73. The Kier molecular flexibility index (Phi) is 8.14. The van der Waals surface area contributed by atoms with Crippen molar-refractivity contribution in [3.8, 4) is 23.3 Å². The number of nitriles is 1. The molecular formula is C21H21IN2O4. The first-order chi connectivity index (χ1) is 13.5. The van der Waals surface area contributed by atoms with Gasteiger partial charge in [-0.25, -0.2) is 0 Å². The van der Waals surface area contributed by atoms with Gasteiger partial charge in [-0.2, -0.15) is 5.26 Å². The number of carbonyl (C=O) groups is 1. The average Bonchev–Trinajstić information content (AvgIpc) is 2.69. The van der Waals surface area contributed by atoms with Gasteiger partial charge in [-0.05, 0) is 84.5 Å². The van der Waals surface area contributed by atoms with E-state index in [4.69, 9.17) is 14.2 Å². The van der Waals surface area contributed by atoms with Crippen LogP contribution in [-0.4, -0.2) is 26.2 Å². The molecule has 0 unspecified atom stereocenters. The molecule has 0 bridgehead atoms. The van der Waals surface area contributed by atoms with Crippen molar-refractivity contribution in [2.24, 2.45) is 0 Å². The second-order valence-electron chi connectivity index (χ2n) is 5.55. The number of anilines is 1. The Bertz CT molecular complexity index is 902. The van der Waals surface area contributed by atoms with Crippen molar-refractivity contribution >= 4 is 40.3 Å². The summed E-state index contributed by atoms with van der Waals surface area (Å²) in [4.78, 5) is 12.5. The molecule has 0 saturated heterocycles. The summed E-state index contributed by atoms with van der Waals surface area (Å²) in [5, 5.41) is 12.1. The van der Waals surface area contributed by atoms with E-state index in [1.54, 1.807) is 37.4 Å². The van der Waals surface area contributed by atoms with Crippen molar-refractivity contribution in [3.05, 3.63) is 51.1 Å². The predicted octanol–water partition coefficient (Wildman–Crippen LogP) is 4.64. The number of nitrogens with zero attached hydrogens (tertiary/aromatic N) is 1. The third-order valence-electron chi connectivity index (χ3n) is 3.64. The van der Waals surface area contributed by atoms with Crippen molar-refractivity contribution in [2.45, 2.75) is 13.8 Å². The summed E-state index contributed by atoms with van der Waals surface area (Å²) < 4.78 is 17.2. The first-order valence-corrected chi connectivity index (χ1v) is 9.76. The van der Waals surface area contributed by atoms with E-state index in [0.29, 0.717) is 41.7 Å². The van der Waals surface area contributed by atoms with Crippen molar-refractivity contribution in [3.63, 3.8) is 0 Å². The van der Waals surface area contributed by atoms with Gasteiger partial charge in [0.05, 0.1) is 23.9 Å². The van der Waals surface area contributed by atoms with Crippen LogP contribution in [-0.2, 0) is 4.79 Å². The first-order valence-electron chi connectivity index (χ1n) is 8.68. The van der Waals surface area contributed by atoms with Gasteiger partial charge in [0.1, 0.15) is 17.4 Å². The molecule has 0 heterocycles. The van der Waals surface area contributed by atoms with Gasteiger partial charge in [0.15, 0.2) is 11.5 Å². The van der Waals surface area contributed by atoms with Gasteiger partial charge >= 0.3 is 0 Å². The highest BCUT2D eigenvalue weighted by Crippen LogP contribution is 2.35. The molecular weight excluding hydrogens is 471 g/mol. The van der Waals surface area contributed by atoms with Gasteiger partial charge in [-0.15, -0.1) is 0 Å². The van der Waals surface area contributed by atoms with Crippen LogP contribution in [0.3, 0.4) is 0 Å². The van der Waals surface area contributed by atoms with Crippen molar-refractivity contribution in [1.29, 1.82) is 5.26 Å². The van der Waals surface area contributed by atoms with Gasteiger partial charge in [-0.3, -0.25) is 4.79 Å². The maximum atomic E-state index is 12.5. The van der Waals surface area contributed by atoms with E-state index in [9.17, 15) is 10.1 Å².